The Morgan fingerprint density at radius 3 is 0.959 bits per heavy atom. The number of ether oxygens (including phenoxy) is 17. The molecular formula is C120H130N6O21. The van der Waals surface area contributed by atoms with Gasteiger partial charge in [0.1, 0.15) is 47.7 Å². The number of benzene rings is 12. The summed E-state index contributed by atoms with van der Waals surface area (Å²) in [6.07, 6.45) is 11.6. The molecule has 12 aromatic rings. The third-order valence-corrected chi connectivity index (χ3v) is 33.6. The number of hydrogen-bond donors (Lipinski definition) is 4. The minimum Gasteiger partial charge on any atom is -0.504 e. The number of methoxy groups -OCH3 is 9. The molecule has 0 bridgehead atoms. The summed E-state index contributed by atoms with van der Waals surface area (Å²) >= 11 is 0. The predicted molar refractivity (Wildman–Crippen MR) is 555 cm³/mol. The number of nitrogens with zero attached hydrogens (tertiary/aromatic N) is 6. The second-order valence-electron chi connectivity index (χ2n) is 41.1. The van der Waals surface area contributed by atoms with Crippen LogP contribution >= 0.6 is 0 Å². The normalized spacial score (nSPS) is 20.3. The molecule has 0 unspecified atom stereocenters. The van der Waals surface area contributed by atoms with Crippen molar-refractivity contribution in [3.63, 3.8) is 0 Å². The fraction of sp³-hybridized carbons (Fsp3) is 0.400. The van der Waals surface area contributed by atoms with E-state index >= 15 is 0 Å². The summed E-state index contributed by atoms with van der Waals surface area (Å²) < 4.78 is 95.0. The van der Waals surface area contributed by atoms with Gasteiger partial charge in [0.25, 0.3) is 0 Å². The smallest absolute Gasteiger partial charge is 0.231 e. The Morgan fingerprint density at radius 2 is 0.537 bits per heavy atom. The molecule has 766 valence electrons. The molecule has 0 radical (unpaired) electrons. The molecule has 6 atom stereocenters. The van der Waals surface area contributed by atoms with Gasteiger partial charge < -0.3 is 101 Å². The lowest BCUT2D eigenvalue weighted by Crippen LogP contribution is -2.39. The van der Waals surface area contributed by atoms with Crippen molar-refractivity contribution in [1.29, 1.82) is 0 Å². The van der Waals surface area contributed by atoms with E-state index < -0.39 is 0 Å². The van der Waals surface area contributed by atoms with Crippen molar-refractivity contribution in [2.75, 3.05) is 137 Å². The Balaban J connectivity index is 0.0000000972. The fourth-order valence-electron chi connectivity index (χ4n) is 26.1. The predicted octanol–water partition coefficient (Wildman–Crippen LogP) is 19.1. The Labute approximate surface area is 858 Å². The number of phenolic OH excluding ortho intramolecular Hbond substituents is 4. The van der Waals surface area contributed by atoms with E-state index in [1.54, 1.807) is 87.2 Å². The monoisotopic (exact) mass is 1990 g/mol. The van der Waals surface area contributed by atoms with E-state index in [1.807, 2.05) is 60.7 Å². The van der Waals surface area contributed by atoms with E-state index in [9.17, 15) is 20.4 Å². The summed E-state index contributed by atoms with van der Waals surface area (Å²) in [5.74, 6) is 14.6. The summed E-state index contributed by atoms with van der Waals surface area (Å²) in [5, 5.41) is 40.2. The summed E-state index contributed by atoms with van der Waals surface area (Å²) in [4.78, 5) is 15.1. The zero-order valence-corrected chi connectivity index (χ0v) is 86.2. The average molecular weight is 1990 g/mol. The van der Waals surface area contributed by atoms with Crippen molar-refractivity contribution < 1.29 is 101 Å². The van der Waals surface area contributed by atoms with Crippen LogP contribution in [0, 0.1) is 27.7 Å². The van der Waals surface area contributed by atoms with Crippen LogP contribution in [0.15, 0.2) is 140 Å². The first-order chi connectivity index (χ1) is 71.6. The van der Waals surface area contributed by atoms with Gasteiger partial charge in [0.2, 0.25) is 26.1 Å². The molecule has 0 aromatic heterocycles. The molecule has 28 rings (SSSR count). The third kappa shape index (κ3) is 17.8. The maximum Gasteiger partial charge on any atom is 0.231 e. The Kier molecular flexibility index (Phi) is 26.4. The first-order valence-corrected chi connectivity index (χ1v) is 51.5. The van der Waals surface area contributed by atoms with Gasteiger partial charge in [-0.2, -0.15) is 0 Å². The second-order valence-corrected chi connectivity index (χ2v) is 41.1. The van der Waals surface area contributed by atoms with E-state index in [0.717, 1.165) is 247 Å². The van der Waals surface area contributed by atoms with E-state index in [-0.39, 0.29) is 41.9 Å². The summed E-state index contributed by atoms with van der Waals surface area (Å²) in [6.45, 7) is 22.7. The van der Waals surface area contributed by atoms with Crippen LogP contribution in [-0.4, -0.2) is 187 Å². The van der Waals surface area contributed by atoms with Crippen LogP contribution in [0.1, 0.15) is 192 Å². The van der Waals surface area contributed by atoms with Gasteiger partial charge in [-0.1, -0.05) is 29.8 Å². The first kappa shape index (κ1) is 96.6. The molecule has 0 spiro atoms. The molecule has 16 heterocycles. The van der Waals surface area contributed by atoms with Crippen molar-refractivity contribution in [3.8, 4) is 121 Å². The number of fused-ring (bicyclic) bond motifs is 28. The molecule has 16 aliphatic heterocycles. The van der Waals surface area contributed by atoms with E-state index in [2.05, 4.69) is 124 Å². The number of aryl methyl sites for hydroxylation is 4. The maximum atomic E-state index is 10.3. The molecule has 0 saturated heterocycles. The zero-order valence-electron chi connectivity index (χ0n) is 86.2. The molecule has 0 amide bonds. The molecule has 0 fully saturated rings. The molecule has 0 aliphatic carbocycles. The van der Waals surface area contributed by atoms with E-state index in [0.29, 0.717) is 68.2 Å². The molecule has 4 N–H and O–H groups in total. The largest absolute Gasteiger partial charge is 0.504 e. The molecule has 0 saturated carbocycles. The summed E-state index contributed by atoms with van der Waals surface area (Å²) in [7, 11) is 15.2. The lowest BCUT2D eigenvalue weighted by Gasteiger charge is -2.42. The van der Waals surface area contributed by atoms with Crippen molar-refractivity contribution in [1.82, 2.24) is 29.4 Å². The van der Waals surface area contributed by atoms with Crippen LogP contribution in [0.2, 0.25) is 0 Å². The van der Waals surface area contributed by atoms with Crippen LogP contribution in [-0.2, 0) is 116 Å². The zero-order chi connectivity index (χ0) is 101. The Morgan fingerprint density at radius 1 is 0.231 bits per heavy atom. The highest BCUT2D eigenvalue weighted by Crippen LogP contribution is 2.56. The quantitative estimate of drug-likeness (QED) is 0.0979. The molecule has 12 aromatic carbocycles. The molecule has 27 heteroatoms. The molecular weight excluding hydrogens is 1860 g/mol. The van der Waals surface area contributed by atoms with Crippen molar-refractivity contribution in [3.05, 3.63) is 295 Å². The highest BCUT2D eigenvalue weighted by molar-refractivity contribution is 5.65. The van der Waals surface area contributed by atoms with Gasteiger partial charge in [-0.25, -0.2) is 0 Å². The Hall–Kier alpha value is -13.8. The number of aromatic hydroxyl groups is 4. The van der Waals surface area contributed by atoms with Gasteiger partial charge in [0.15, 0.2) is 80.5 Å². The third-order valence-electron chi connectivity index (χ3n) is 33.6. The highest BCUT2D eigenvalue weighted by atomic mass is 16.7. The second kappa shape index (κ2) is 40.1. The topological polar surface area (TPSA) is 257 Å². The molecule has 27 nitrogen and oxygen atoms in total. The minimum atomic E-state index is -0.0565. The van der Waals surface area contributed by atoms with E-state index in [1.165, 1.54) is 134 Å². The highest BCUT2D eigenvalue weighted by Gasteiger charge is 2.45. The average Bonchev–Trinajstić information content (AvgIpc) is 1.63. The van der Waals surface area contributed by atoms with Crippen LogP contribution < -0.4 is 80.5 Å². The minimum absolute atomic E-state index is 0.0438. The first-order valence-electron chi connectivity index (χ1n) is 51.5. The van der Waals surface area contributed by atoms with Crippen LogP contribution in [0.4, 0.5) is 0 Å². The van der Waals surface area contributed by atoms with E-state index in [4.69, 9.17) is 80.5 Å². The van der Waals surface area contributed by atoms with Crippen LogP contribution in [0.5, 0.6) is 121 Å². The van der Waals surface area contributed by atoms with Gasteiger partial charge in [0.05, 0.1) is 64.0 Å². The maximum absolute atomic E-state index is 10.3. The molecule has 147 heavy (non-hydrogen) atoms. The summed E-state index contributed by atoms with van der Waals surface area (Å²) in [6, 6.07) is 49.4. The van der Waals surface area contributed by atoms with Crippen molar-refractivity contribution in [2.45, 2.75) is 180 Å². The number of hydrogen-bond acceptors (Lipinski definition) is 27. The van der Waals surface area contributed by atoms with Gasteiger partial charge in [-0.3, -0.25) is 29.4 Å². The Bertz CT molecular complexity index is 7160. The van der Waals surface area contributed by atoms with Gasteiger partial charge >= 0.3 is 0 Å². The fourth-order valence-corrected chi connectivity index (χ4v) is 26.1. The van der Waals surface area contributed by atoms with Crippen molar-refractivity contribution >= 4 is 0 Å². The number of rotatable bonds is 9. The van der Waals surface area contributed by atoms with Crippen LogP contribution in [0.25, 0.3) is 0 Å². The standard InChI is InChI=1S/C21H23NO4.C20H21NO5.C20H21NO4.C20H21NO2.C20H23NO2.C19H21NO4/c1-23-18-3-4-19(24-2)16-12-22-6-5-13-9-20-21(26-8-7-25-20)11-14(13)17(22)10-15(16)18;1-23-17-5-11-3-4-21-9-12-6-18-20(26-10-25-18)19(24-2)14(12)7-15(21)13(11)8-16(17)22;1-22-17-3-4-18(23-2)15-10-21-6-5-12-7-19-20(25-11-24-19)9-13(12)16(21)8-14(15)17;1-12-3-4-13(2)17-10-21-6-5-14-7-19-20(23-11-22-19)9-16(14)18(21)8-15(12)17;1-12-6-13(2)17-11-21-5-4-14-9-20(23-3)19(22)10-16(14)18(21)8-15(17)7-12;1-23-18-3-4-19(24-2)14-10-20-6-5-11-7-16(21)17(22)9-12(11)15(20)8-13(14)18/h3-4,9,11,17H,5-8,10,12H2,1-2H3;5-6,8,15,22H,3-4,7,9-10H2,1-2H3;3-4,7,9,16H,5-6,8,10-11H2,1-2H3;3-4,7,9,18H,5-6,8,10-11H2,1-2H3;6-7,9-10,18,22H,4-5,8,11H2,1-3H3;3-4,7,9,15,21-22H,5-6,8,10H2,1-2H3/t17-;15-;16-;2*18-;15-/m000000/s1. The summed E-state index contributed by atoms with van der Waals surface area (Å²) in [5.41, 5.74) is 36.9. The van der Waals surface area contributed by atoms with Crippen LogP contribution in [0.3, 0.4) is 0 Å². The number of phenols is 4. The lowest BCUT2D eigenvalue weighted by molar-refractivity contribution is 0.150. The van der Waals surface area contributed by atoms with Gasteiger partial charge in [-0.15, -0.1) is 0 Å². The lowest BCUT2D eigenvalue weighted by atomic mass is 9.81. The van der Waals surface area contributed by atoms with Crippen molar-refractivity contribution in [2.24, 2.45) is 0 Å². The SMILES string of the molecule is COc1cc2c(cc1O)[C@@H]1Cc3c(cc4c(c3OC)OCO4)CN1CC2.COc1cc2c(cc1O)[C@@H]1Cc3cc(C)cc(C)c3CN1CC2.COc1ccc(OC)c2c1C[C@H]1c3cc(O)c(O)cc3CCN1C2.COc1ccc(OC)c2c1C[C@H]1c3cc4c(cc3CCN1C2)OCCO4.COc1ccc(OC)c2c1C[C@H]1c3cc4c(cc3CCN1C2)OCO4.Cc1ccc(C)c2c1C[C@H]1c3cc4c(cc3CCN1C2)OCO4. The van der Waals surface area contributed by atoms with Gasteiger partial charge in [0, 0.05) is 154 Å². The van der Waals surface area contributed by atoms with Gasteiger partial charge in [-0.05, 0) is 331 Å². The molecule has 16 aliphatic rings.